The monoisotopic (exact) mass is 259 g/mol. The SMILES string of the molecule is CCC(C)[C@@H](N)c1ccc(OC)cc1OC.Cl. The summed E-state index contributed by atoms with van der Waals surface area (Å²) in [6.45, 7) is 4.29. The van der Waals surface area contributed by atoms with Crippen molar-refractivity contribution in [3.63, 3.8) is 0 Å². The van der Waals surface area contributed by atoms with Crippen molar-refractivity contribution in [2.24, 2.45) is 11.7 Å². The summed E-state index contributed by atoms with van der Waals surface area (Å²) in [5.74, 6) is 2.02. The highest BCUT2D eigenvalue weighted by Crippen LogP contribution is 2.32. The number of hydrogen-bond acceptors (Lipinski definition) is 3. The van der Waals surface area contributed by atoms with E-state index in [0.717, 1.165) is 23.5 Å². The van der Waals surface area contributed by atoms with Gasteiger partial charge in [-0.05, 0) is 12.0 Å². The standard InChI is InChI=1S/C13H21NO2.ClH/c1-5-9(2)13(14)11-7-6-10(15-3)8-12(11)16-4;/h6-9,13H,5,14H2,1-4H3;1H/t9?,13-;/m1./s1. The molecule has 3 nitrogen and oxygen atoms in total. The Labute approximate surface area is 110 Å². The first kappa shape index (κ1) is 16.1. The van der Waals surface area contributed by atoms with Crippen LogP contribution in [0.4, 0.5) is 0 Å². The van der Waals surface area contributed by atoms with E-state index in [1.165, 1.54) is 0 Å². The Bertz CT molecular complexity index is 344. The lowest BCUT2D eigenvalue weighted by molar-refractivity contribution is 0.377. The van der Waals surface area contributed by atoms with E-state index in [1.54, 1.807) is 14.2 Å². The van der Waals surface area contributed by atoms with Gasteiger partial charge in [0.25, 0.3) is 0 Å². The highest BCUT2D eigenvalue weighted by Gasteiger charge is 2.17. The topological polar surface area (TPSA) is 44.5 Å². The largest absolute Gasteiger partial charge is 0.497 e. The molecular weight excluding hydrogens is 238 g/mol. The van der Waals surface area contributed by atoms with Crippen LogP contribution in [0.2, 0.25) is 0 Å². The smallest absolute Gasteiger partial charge is 0.127 e. The normalized spacial score (nSPS) is 13.5. The van der Waals surface area contributed by atoms with Crippen molar-refractivity contribution < 1.29 is 9.47 Å². The van der Waals surface area contributed by atoms with Crippen LogP contribution in [0.15, 0.2) is 18.2 Å². The zero-order valence-corrected chi connectivity index (χ0v) is 11.7. The Kier molecular flexibility index (Phi) is 7.00. The van der Waals surface area contributed by atoms with Gasteiger partial charge in [0.2, 0.25) is 0 Å². The van der Waals surface area contributed by atoms with E-state index in [4.69, 9.17) is 15.2 Å². The lowest BCUT2D eigenvalue weighted by Gasteiger charge is -2.21. The molecule has 2 atom stereocenters. The Morgan fingerprint density at radius 1 is 1.24 bits per heavy atom. The summed E-state index contributed by atoms with van der Waals surface area (Å²) in [4.78, 5) is 0. The summed E-state index contributed by atoms with van der Waals surface area (Å²) in [6, 6.07) is 5.78. The first-order valence-corrected chi connectivity index (χ1v) is 5.61. The van der Waals surface area contributed by atoms with Crippen molar-refractivity contribution >= 4 is 12.4 Å². The molecule has 0 spiro atoms. The van der Waals surface area contributed by atoms with Gasteiger partial charge in [0, 0.05) is 17.7 Å². The van der Waals surface area contributed by atoms with Crippen LogP contribution in [0.1, 0.15) is 31.9 Å². The van der Waals surface area contributed by atoms with Crippen LogP contribution in [0.3, 0.4) is 0 Å². The van der Waals surface area contributed by atoms with Gasteiger partial charge in [-0.2, -0.15) is 0 Å². The average molecular weight is 260 g/mol. The van der Waals surface area contributed by atoms with Gasteiger partial charge < -0.3 is 15.2 Å². The Hall–Kier alpha value is -0.930. The molecule has 0 aliphatic carbocycles. The lowest BCUT2D eigenvalue weighted by Crippen LogP contribution is -2.19. The summed E-state index contributed by atoms with van der Waals surface area (Å²) in [5.41, 5.74) is 7.24. The van der Waals surface area contributed by atoms with E-state index >= 15 is 0 Å². The predicted molar refractivity (Wildman–Crippen MR) is 73.2 cm³/mol. The Balaban J connectivity index is 0.00000256. The molecule has 98 valence electrons. The quantitative estimate of drug-likeness (QED) is 0.883. The molecule has 1 aromatic carbocycles. The second kappa shape index (κ2) is 7.41. The van der Waals surface area contributed by atoms with Crippen molar-refractivity contribution in [3.05, 3.63) is 23.8 Å². The van der Waals surface area contributed by atoms with E-state index in [0.29, 0.717) is 5.92 Å². The van der Waals surface area contributed by atoms with Crippen LogP contribution in [0.25, 0.3) is 0 Å². The van der Waals surface area contributed by atoms with Gasteiger partial charge in [0.05, 0.1) is 14.2 Å². The number of methoxy groups -OCH3 is 2. The zero-order valence-electron chi connectivity index (χ0n) is 10.9. The number of ether oxygens (including phenoxy) is 2. The fourth-order valence-corrected chi connectivity index (χ4v) is 1.65. The molecule has 0 fully saturated rings. The molecule has 0 bridgehead atoms. The first-order chi connectivity index (χ1) is 7.63. The van der Waals surface area contributed by atoms with Crippen molar-refractivity contribution in [2.75, 3.05) is 14.2 Å². The van der Waals surface area contributed by atoms with Gasteiger partial charge in [-0.15, -0.1) is 12.4 Å². The molecule has 0 saturated heterocycles. The maximum absolute atomic E-state index is 6.20. The van der Waals surface area contributed by atoms with Gasteiger partial charge in [0.15, 0.2) is 0 Å². The van der Waals surface area contributed by atoms with Crippen LogP contribution in [-0.4, -0.2) is 14.2 Å². The van der Waals surface area contributed by atoms with Crippen molar-refractivity contribution in [3.8, 4) is 11.5 Å². The number of benzene rings is 1. The Morgan fingerprint density at radius 2 is 1.88 bits per heavy atom. The van der Waals surface area contributed by atoms with Crippen LogP contribution < -0.4 is 15.2 Å². The number of hydrogen-bond donors (Lipinski definition) is 1. The second-order valence-electron chi connectivity index (χ2n) is 4.02. The molecule has 0 aliphatic heterocycles. The molecule has 0 saturated carbocycles. The fourth-order valence-electron chi connectivity index (χ4n) is 1.65. The molecule has 0 aliphatic rings. The van der Waals surface area contributed by atoms with Crippen LogP contribution in [0, 0.1) is 5.92 Å². The van der Waals surface area contributed by atoms with Gasteiger partial charge in [-0.25, -0.2) is 0 Å². The van der Waals surface area contributed by atoms with E-state index in [-0.39, 0.29) is 18.4 Å². The van der Waals surface area contributed by atoms with Crippen molar-refractivity contribution in [1.29, 1.82) is 0 Å². The van der Waals surface area contributed by atoms with Gasteiger partial charge in [-0.1, -0.05) is 26.3 Å². The number of nitrogens with two attached hydrogens (primary N) is 1. The predicted octanol–water partition coefficient (Wildman–Crippen LogP) is 3.17. The lowest BCUT2D eigenvalue weighted by atomic mass is 9.92. The third-order valence-corrected chi connectivity index (χ3v) is 3.06. The molecule has 2 N–H and O–H groups in total. The van der Waals surface area contributed by atoms with E-state index in [2.05, 4.69) is 13.8 Å². The molecule has 0 heterocycles. The summed E-state index contributed by atoms with van der Waals surface area (Å²) in [6.07, 6.45) is 1.05. The third kappa shape index (κ3) is 3.79. The Morgan fingerprint density at radius 3 is 2.35 bits per heavy atom. The van der Waals surface area contributed by atoms with Crippen LogP contribution in [0.5, 0.6) is 11.5 Å². The number of halogens is 1. The third-order valence-electron chi connectivity index (χ3n) is 3.06. The first-order valence-electron chi connectivity index (χ1n) is 5.61. The average Bonchev–Trinajstić information content (AvgIpc) is 2.35. The summed E-state index contributed by atoms with van der Waals surface area (Å²) >= 11 is 0. The molecular formula is C13H22ClNO2. The molecule has 0 amide bonds. The van der Waals surface area contributed by atoms with E-state index in [9.17, 15) is 0 Å². The maximum atomic E-state index is 6.20. The maximum Gasteiger partial charge on any atom is 0.127 e. The minimum atomic E-state index is 0. The minimum absolute atomic E-state index is 0. The van der Waals surface area contributed by atoms with E-state index in [1.807, 2.05) is 18.2 Å². The number of rotatable bonds is 5. The highest BCUT2D eigenvalue weighted by atomic mass is 35.5. The molecule has 1 aromatic rings. The molecule has 4 heteroatoms. The molecule has 17 heavy (non-hydrogen) atoms. The van der Waals surface area contributed by atoms with E-state index < -0.39 is 0 Å². The summed E-state index contributed by atoms with van der Waals surface area (Å²) < 4.78 is 10.5. The molecule has 1 rings (SSSR count). The molecule has 1 unspecified atom stereocenters. The molecule has 0 radical (unpaired) electrons. The van der Waals surface area contributed by atoms with Crippen molar-refractivity contribution in [1.82, 2.24) is 0 Å². The zero-order chi connectivity index (χ0) is 12.1. The van der Waals surface area contributed by atoms with Gasteiger partial charge >= 0.3 is 0 Å². The summed E-state index contributed by atoms with van der Waals surface area (Å²) in [7, 11) is 3.30. The summed E-state index contributed by atoms with van der Waals surface area (Å²) in [5, 5.41) is 0. The molecule has 0 aromatic heterocycles. The second-order valence-corrected chi connectivity index (χ2v) is 4.02. The van der Waals surface area contributed by atoms with Gasteiger partial charge in [-0.3, -0.25) is 0 Å². The fraction of sp³-hybridized carbons (Fsp3) is 0.538. The minimum Gasteiger partial charge on any atom is -0.497 e. The van der Waals surface area contributed by atoms with Crippen LogP contribution >= 0.6 is 12.4 Å². The highest BCUT2D eigenvalue weighted by molar-refractivity contribution is 5.85. The van der Waals surface area contributed by atoms with Crippen molar-refractivity contribution in [2.45, 2.75) is 26.3 Å². The van der Waals surface area contributed by atoms with Gasteiger partial charge in [0.1, 0.15) is 11.5 Å². The van der Waals surface area contributed by atoms with Crippen LogP contribution in [-0.2, 0) is 0 Å².